The highest BCUT2D eigenvalue weighted by molar-refractivity contribution is 7.09. The quantitative estimate of drug-likeness (QED) is 0.795. The highest BCUT2D eigenvalue weighted by Crippen LogP contribution is 2.25. The van der Waals surface area contributed by atoms with Crippen LogP contribution in [0.2, 0.25) is 10.0 Å². The SMILES string of the molecule is Cc1nc(CCNCC(O)c2cc(Cl)ccc2Cl)cs1. The molecular weight excluding hydrogens is 315 g/mol. The molecule has 2 N–H and O–H groups in total. The summed E-state index contributed by atoms with van der Waals surface area (Å²) in [7, 11) is 0. The number of aryl methyl sites for hydroxylation is 1. The molecule has 0 radical (unpaired) electrons. The number of nitrogens with zero attached hydrogens (tertiary/aromatic N) is 1. The smallest absolute Gasteiger partial charge is 0.0929 e. The van der Waals surface area contributed by atoms with Crippen LogP contribution in [-0.2, 0) is 6.42 Å². The van der Waals surface area contributed by atoms with Crippen molar-refractivity contribution in [2.45, 2.75) is 19.4 Å². The lowest BCUT2D eigenvalue weighted by molar-refractivity contribution is 0.175. The summed E-state index contributed by atoms with van der Waals surface area (Å²) < 4.78 is 0. The van der Waals surface area contributed by atoms with Crippen molar-refractivity contribution < 1.29 is 5.11 Å². The maximum atomic E-state index is 10.1. The second-order valence-corrected chi connectivity index (χ2v) is 6.40. The Morgan fingerprint density at radius 1 is 1.40 bits per heavy atom. The minimum Gasteiger partial charge on any atom is -0.387 e. The number of rotatable bonds is 6. The van der Waals surface area contributed by atoms with Crippen LogP contribution in [0.1, 0.15) is 22.4 Å². The van der Waals surface area contributed by atoms with E-state index in [2.05, 4.69) is 15.7 Å². The van der Waals surface area contributed by atoms with Crippen LogP contribution in [0.5, 0.6) is 0 Å². The Morgan fingerprint density at radius 2 is 2.20 bits per heavy atom. The molecule has 6 heteroatoms. The predicted molar refractivity (Wildman–Crippen MR) is 84.8 cm³/mol. The average molecular weight is 331 g/mol. The fourth-order valence-electron chi connectivity index (χ4n) is 1.86. The summed E-state index contributed by atoms with van der Waals surface area (Å²) in [4.78, 5) is 4.39. The van der Waals surface area contributed by atoms with Crippen LogP contribution in [0, 0.1) is 6.92 Å². The normalized spacial score (nSPS) is 12.6. The molecule has 1 atom stereocenters. The first-order valence-corrected chi connectivity index (χ1v) is 7.94. The van der Waals surface area contributed by atoms with Crippen LogP contribution < -0.4 is 5.32 Å². The van der Waals surface area contributed by atoms with Crippen molar-refractivity contribution in [3.63, 3.8) is 0 Å². The Bertz CT molecular complexity index is 574. The molecule has 1 unspecified atom stereocenters. The lowest BCUT2D eigenvalue weighted by Crippen LogP contribution is -2.24. The molecular formula is C14H16Cl2N2OS. The zero-order chi connectivity index (χ0) is 14.5. The largest absolute Gasteiger partial charge is 0.387 e. The van der Waals surface area contributed by atoms with Crippen LogP contribution in [-0.4, -0.2) is 23.2 Å². The third-order valence-corrected chi connectivity index (χ3v) is 4.28. The first-order chi connectivity index (χ1) is 9.56. The van der Waals surface area contributed by atoms with Gasteiger partial charge in [0.2, 0.25) is 0 Å². The van der Waals surface area contributed by atoms with Crippen LogP contribution >= 0.6 is 34.5 Å². The minimum absolute atomic E-state index is 0.434. The average Bonchev–Trinajstić information content (AvgIpc) is 2.83. The zero-order valence-corrected chi connectivity index (χ0v) is 13.4. The van der Waals surface area contributed by atoms with Crippen LogP contribution in [0.3, 0.4) is 0 Å². The van der Waals surface area contributed by atoms with Crippen molar-refractivity contribution in [1.82, 2.24) is 10.3 Å². The van der Waals surface area contributed by atoms with Gasteiger partial charge in [-0.05, 0) is 25.1 Å². The van der Waals surface area contributed by atoms with Crippen molar-refractivity contribution >= 4 is 34.5 Å². The van der Waals surface area contributed by atoms with E-state index in [4.69, 9.17) is 23.2 Å². The van der Waals surface area contributed by atoms with E-state index >= 15 is 0 Å². The molecule has 0 saturated carbocycles. The van der Waals surface area contributed by atoms with Crippen LogP contribution in [0.4, 0.5) is 0 Å². The number of thiazole rings is 1. The van der Waals surface area contributed by atoms with Gasteiger partial charge >= 0.3 is 0 Å². The molecule has 2 aromatic rings. The summed E-state index contributed by atoms with van der Waals surface area (Å²) in [6.07, 6.45) is 0.179. The monoisotopic (exact) mass is 330 g/mol. The number of benzene rings is 1. The van der Waals surface area contributed by atoms with Gasteiger partial charge in [0.1, 0.15) is 0 Å². The van der Waals surface area contributed by atoms with Gasteiger partial charge in [-0.3, -0.25) is 0 Å². The van der Waals surface area contributed by atoms with E-state index in [-0.39, 0.29) is 0 Å². The van der Waals surface area contributed by atoms with E-state index in [0.29, 0.717) is 22.2 Å². The topological polar surface area (TPSA) is 45.2 Å². The van der Waals surface area contributed by atoms with Crippen molar-refractivity contribution in [2.75, 3.05) is 13.1 Å². The van der Waals surface area contributed by atoms with Crippen molar-refractivity contribution in [2.24, 2.45) is 0 Å². The predicted octanol–water partition coefficient (Wildman–Crippen LogP) is 3.62. The molecule has 0 aliphatic rings. The van der Waals surface area contributed by atoms with Gasteiger partial charge in [0, 0.05) is 40.5 Å². The molecule has 0 amide bonds. The highest BCUT2D eigenvalue weighted by atomic mass is 35.5. The minimum atomic E-state index is -0.668. The van der Waals surface area contributed by atoms with Gasteiger partial charge in [-0.1, -0.05) is 23.2 Å². The summed E-state index contributed by atoms with van der Waals surface area (Å²) in [5.41, 5.74) is 1.73. The second-order valence-electron chi connectivity index (χ2n) is 4.49. The Labute approximate surface area is 132 Å². The number of halogens is 2. The van der Waals surface area contributed by atoms with E-state index in [1.54, 1.807) is 29.5 Å². The molecule has 3 nitrogen and oxygen atoms in total. The van der Waals surface area contributed by atoms with Crippen molar-refractivity contribution in [3.05, 3.63) is 49.9 Å². The van der Waals surface area contributed by atoms with Crippen molar-refractivity contribution in [3.8, 4) is 0 Å². The summed E-state index contributed by atoms with van der Waals surface area (Å²) in [6.45, 7) is 3.19. The Hall–Kier alpha value is -0.650. The second kappa shape index (κ2) is 7.38. The molecule has 1 aromatic heterocycles. The van der Waals surface area contributed by atoms with E-state index in [9.17, 15) is 5.11 Å². The molecule has 0 fully saturated rings. The number of aromatic nitrogens is 1. The van der Waals surface area contributed by atoms with E-state index < -0.39 is 6.10 Å². The summed E-state index contributed by atoms with van der Waals surface area (Å²) in [5, 5.41) is 17.5. The Kier molecular flexibility index (Phi) is 5.81. The van der Waals surface area contributed by atoms with E-state index in [1.165, 1.54) is 0 Å². The molecule has 0 saturated heterocycles. The van der Waals surface area contributed by atoms with Gasteiger partial charge in [0.15, 0.2) is 0 Å². The van der Waals surface area contributed by atoms with Gasteiger partial charge in [0.05, 0.1) is 16.8 Å². The number of aliphatic hydroxyl groups excluding tert-OH is 1. The lowest BCUT2D eigenvalue weighted by atomic mass is 10.1. The zero-order valence-electron chi connectivity index (χ0n) is 11.1. The first-order valence-electron chi connectivity index (χ1n) is 6.31. The Balaban J connectivity index is 1.80. The molecule has 108 valence electrons. The van der Waals surface area contributed by atoms with Crippen LogP contribution in [0.15, 0.2) is 23.6 Å². The molecule has 1 heterocycles. The highest BCUT2D eigenvalue weighted by Gasteiger charge is 2.11. The fourth-order valence-corrected chi connectivity index (χ4v) is 2.93. The standard InChI is InChI=1S/C14H16Cl2N2OS/c1-9-18-11(8-20-9)4-5-17-7-14(19)12-6-10(15)2-3-13(12)16/h2-3,6,8,14,17,19H,4-5,7H2,1H3. The molecule has 0 aliphatic carbocycles. The summed E-state index contributed by atoms with van der Waals surface area (Å²) >= 11 is 13.6. The Morgan fingerprint density at radius 3 is 2.90 bits per heavy atom. The molecule has 20 heavy (non-hydrogen) atoms. The maximum absolute atomic E-state index is 10.1. The molecule has 0 spiro atoms. The summed E-state index contributed by atoms with van der Waals surface area (Å²) in [6, 6.07) is 5.10. The number of hydrogen-bond donors (Lipinski definition) is 2. The lowest BCUT2D eigenvalue weighted by Gasteiger charge is -2.13. The molecule has 0 bridgehead atoms. The third kappa shape index (κ3) is 4.43. The number of nitrogens with one attached hydrogen (secondary N) is 1. The van der Waals surface area contributed by atoms with Gasteiger partial charge in [0.25, 0.3) is 0 Å². The van der Waals surface area contributed by atoms with Crippen LogP contribution in [0.25, 0.3) is 0 Å². The molecule has 1 aromatic carbocycles. The van der Waals surface area contributed by atoms with Gasteiger partial charge in [-0.2, -0.15) is 0 Å². The third-order valence-electron chi connectivity index (χ3n) is 2.88. The van der Waals surface area contributed by atoms with Gasteiger partial charge in [-0.25, -0.2) is 4.98 Å². The summed E-state index contributed by atoms with van der Waals surface area (Å²) in [5.74, 6) is 0. The van der Waals surface area contributed by atoms with Crippen molar-refractivity contribution in [1.29, 1.82) is 0 Å². The molecule has 0 aliphatic heterocycles. The van der Waals surface area contributed by atoms with E-state index in [1.807, 2.05) is 6.92 Å². The first kappa shape index (κ1) is 15.7. The number of aliphatic hydroxyl groups is 1. The maximum Gasteiger partial charge on any atom is 0.0929 e. The fraction of sp³-hybridized carbons (Fsp3) is 0.357. The number of hydrogen-bond acceptors (Lipinski definition) is 4. The van der Waals surface area contributed by atoms with Gasteiger partial charge in [-0.15, -0.1) is 11.3 Å². The molecule has 2 rings (SSSR count). The van der Waals surface area contributed by atoms with Gasteiger partial charge < -0.3 is 10.4 Å². The van der Waals surface area contributed by atoms with E-state index in [0.717, 1.165) is 23.7 Å².